The lowest BCUT2D eigenvalue weighted by atomic mass is 10.1. The van der Waals surface area contributed by atoms with E-state index in [0.29, 0.717) is 11.5 Å². The number of fused-ring (bicyclic) bond motifs is 1. The van der Waals surface area contributed by atoms with Gasteiger partial charge < -0.3 is 5.32 Å². The van der Waals surface area contributed by atoms with Crippen molar-refractivity contribution in [3.8, 4) is 0 Å². The summed E-state index contributed by atoms with van der Waals surface area (Å²) in [7, 11) is 3.74. The highest BCUT2D eigenvalue weighted by Gasteiger charge is 2.28. The van der Waals surface area contributed by atoms with E-state index in [-0.39, 0.29) is 11.9 Å². The summed E-state index contributed by atoms with van der Waals surface area (Å²) in [6.45, 7) is 3.86. The molecule has 0 bridgehead atoms. The van der Waals surface area contributed by atoms with Crippen molar-refractivity contribution in [3.05, 3.63) is 41.0 Å². The van der Waals surface area contributed by atoms with Crippen LogP contribution in [0.4, 0.5) is 0 Å². The van der Waals surface area contributed by atoms with Gasteiger partial charge in [0, 0.05) is 31.9 Å². The van der Waals surface area contributed by atoms with Gasteiger partial charge in [0.2, 0.25) is 0 Å². The lowest BCUT2D eigenvalue weighted by Crippen LogP contribution is -2.27. The molecule has 1 fully saturated rings. The second-order valence-electron chi connectivity index (χ2n) is 6.89. The Morgan fingerprint density at radius 2 is 2.08 bits per heavy atom. The molecule has 0 spiro atoms. The summed E-state index contributed by atoms with van der Waals surface area (Å²) < 4.78 is 3.49. The van der Waals surface area contributed by atoms with Crippen LogP contribution in [0.5, 0.6) is 0 Å². The Kier molecular flexibility index (Phi) is 3.59. The first-order chi connectivity index (χ1) is 11.9. The monoisotopic (exact) mass is 338 g/mol. The summed E-state index contributed by atoms with van der Waals surface area (Å²) in [4.78, 5) is 17.7. The maximum atomic E-state index is 13.0. The first-order valence-corrected chi connectivity index (χ1v) is 8.58. The highest BCUT2D eigenvalue weighted by molar-refractivity contribution is 6.06. The predicted octanol–water partition coefficient (Wildman–Crippen LogP) is 2.38. The first kappa shape index (κ1) is 15.8. The summed E-state index contributed by atoms with van der Waals surface area (Å²) in [5, 5.41) is 12.7. The Morgan fingerprint density at radius 3 is 2.72 bits per heavy atom. The van der Waals surface area contributed by atoms with Crippen molar-refractivity contribution in [2.75, 3.05) is 0 Å². The number of rotatable bonds is 4. The van der Waals surface area contributed by atoms with Crippen molar-refractivity contribution >= 4 is 16.9 Å². The number of pyridine rings is 1. The van der Waals surface area contributed by atoms with Crippen LogP contribution in [0.1, 0.15) is 59.2 Å². The van der Waals surface area contributed by atoms with Crippen molar-refractivity contribution in [2.24, 2.45) is 14.1 Å². The van der Waals surface area contributed by atoms with Crippen molar-refractivity contribution in [3.63, 3.8) is 0 Å². The molecule has 0 radical (unpaired) electrons. The molecule has 7 nitrogen and oxygen atoms in total. The fourth-order valence-corrected chi connectivity index (χ4v) is 3.24. The SMILES string of the molecule is Cc1nn(C)c2nc(C3CC3)cc(C(=O)N[C@H](C)c3ccn(C)n3)c12. The molecule has 1 amide bonds. The highest BCUT2D eigenvalue weighted by Crippen LogP contribution is 2.40. The smallest absolute Gasteiger partial charge is 0.252 e. The largest absolute Gasteiger partial charge is 0.344 e. The number of nitrogens with one attached hydrogen (secondary N) is 1. The summed E-state index contributed by atoms with van der Waals surface area (Å²) in [6, 6.07) is 3.69. The second kappa shape index (κ2) is 5.68. The van der Waals surface area contributed by atoms with E-state index in [0.717, 1.165) is 41.0 Å². The van der Waals surface area contributed by atoms with E-state index in [2.05, 4.69) is 15.5 Å². The number of aromatic nitrogens is 5. The Hall–Kier alpha value is -2.70. The van der Waals surface area contributed by atoms with Crippen LogP contribution in [0.2, 0.25) is 0 Å². The minimum absolute atomic E-state index is 0.108. The summed E-state index contributed by atoms with van der Waals surface area (Å²) in [6.07, 6.45) is 4.15. The fourth-order valence-electron chi connectivity index (χ4n) is 3.24. The Bertz CT molecular complexity index is 966. The van der Waals surface area contributed by atoms with Gasteiger partial charge in [0.25, 0.3) is 5.91 Å². The standard InChI is InChI=1S/C18H22N6O/c1-10(14-7-8-23(3)22-14)19-18(25)13-9-15(12-5-6-12)20-17-16(13)11(2)21-24(17)4/h7-10,12H,5-6H2,1-4H3,(H,19,25)/t10-/m1/s1. The average Bonchev–Trinajstić information content (AvgIpc) is 3.27. The number of hydrogen-bond donors (Lipinski definition) is 1. The molecule has 4 rings (SSSR count). The molecule has 3 aromatic heterocycles. The number of hydrogen-bond acceptors (Lipinski definition) is 4. The molecule has 0 aromatic carbocycles. The van der Waals surface area contributed by atoms with Crippen LogP contribution in [0.3, 0.4) is 0 Å². The van der Waals surface area contributed by atoms with E-state index in [1.54, 1.807) is 9.36 Å². The Morgan fingerprint density at radius 1 is 1.32 bits per heavy atom. The van der Waals surface area contributed by atoms with Crippen molar-refractivity contribution < 1.29 is 4.79 Å². The van der Waals surface area contributed by atoms with Gasteiger partial charge in [0.1, 0.15) is 0 Å². The quantitative estimate of drug-likeness (QED) is 0.792. The van der Waals surface area contributed by atoms with E-state index in [1.807, 2.05) is 46.3 Å². The van der Waals surface area contributed by atoms with Crippen LogP contribution >= 0.6 is 0 Å². The van der Waals surface area contributed by atoms with E-state index < -0.39 is 0 Å². The molecule has 7 heteroatoms. The third kappa shape index (κ3) is 2.79. The number of nitrogens with zero attached hydrogens (tertiary/aromatic N) is 5. The van der Waals surface area contributed by atoms with E-state index in [1.165, 1.54) is 0 Å². The third-order valence-electron chi connectivity index (χ3n) is 4.75. The van der Waals surface area contributed by atoms with Gasteiger partial charge in [-0.2, -0.15) is 10.2 Å². The van der Waals surface area contributed by atoms with Crippen LogP contribution < -0.4 is 5.32 Å². The van der Waals surface area contributed by atoms with Crippen LogP contribution in [0.15, 0.2) is 18.3 Å². The summed E-state index contributed by atoms with van der Waals surface area (Å²) in [5.74, 6) is 0.364. The molecule has 1 atom stereocenters. The minimum Gasteiger partial charge on any atom is -0.344 e. The second-order valence-corrected chi connectivity index (χ2v) is 6.89. The summed E-state index contributed by atoms with van der Waals surface area (Å²) in [5.41, 5.74) is 4.08. The van der Waals surface area contributed by atoms with Gasteiger partial charge in [0.15, 0.2) is 5.65 Å². The molecule has 0 unspecified atom stereocenters. The van der Waals surface area contributed by atoms with Crippen LogP contribution in [-0.2, 0) is 14.1 Å². The molecule has 3 aromatic rings. The zero-order chi connectivity index (χ0) is 17.7. The maximum Gasteiger partial charge on any atom is 0.252 e. The molecule has 1 saturated carbocycles. The van der Waals surface area contributed by atoms with Gasteiger partial charge >= 0.3 is 0 Å². The van der Waals surface area contributed by atoms with Crippen molar-refractivity contribution in [2.45, 2.75) is 38.6 Å². The van der Waals surface area contributed by atoms with Gasteiger partial charge in [-0.1, -0.05) is 0 Å². The van der Waals surface area contributed by atoms with Gasteiger partial charge in [0.05, 0.1) is 28.4 Å². The van der Waals surface area contributed by atoms with E-state index in [4.69, 9.17) is 4.98 Å². The molecule has 1 aliphatic carbocycles. The van der Waals surface area contributed by atoms with Gasteiger partial charge in [-0.25, -0.2) is 4.98 Å². The maximum absolute atomic E-state index is 13.0. The lowest BCUT2D eigenvalue weighted by molar-refractivity contribution is 0.0940. The third-order valence-corrected chi connectivity index (χ3v) is 4.75. The van der Waals surface area contributed by atoms with Gasteiger partial charge in [-0.3, -0.25) is 14.2 Å². The highest BCUT2D eigenvalue weighted by atomic mass is 16.1. The number of aryl methyl sites for hydroxylation is 3. The molecule has 1 N–H and O–H groups in total. The fraction of sp³-hybridized carbons (Fsp3) is 0.444. The van der Waals surface area contributed by atoms with Crippen molar-refractivity contribution in [1.82, 2.24) is 29.9 Å². The topological polar surface area (TPSA) is 77.6 Å². The molecule has 0 aliphatic heterocycles. The molecule has 3 heterocycles. The van der Waals surface area contributed by atoms with Gasteiger partial charge in [-0.05, 0) is 38.8 Å². The number of carbonyl (C=O) groups excluding carboxylic acids is 1. The molecule has 130 valence electrons. The molecular formula is C18H22N6O. The molecular weight excluding hydrogens is 316 g/mol. The van der Waals surface area contributed by atoms with E-state index >= 15 is 0 Å². The predicted molar refractivity (Wildman–Crippen MR) is 94.3 cm³/mol. The average molecular weight is 338 g/mol. The Labute approximate surface area is 146 Å². The molecule has 0 saturated heterocycles. The molecule has 1 aliphatic rings. The normalized spacial score (nSPS) is 15.5. The van der Waals surface area contributed by atoms with Gasteiger partial charge in [-0.15, -0.1) is 0 Å². The Balaban J connectivity index is 1.72. The minimum atomic E-state index is -0.168. The zero-order valence-electron chi connectivity index (χ0n) is 14.9. The van der Waals surface area contributed by atoms with E-state index in [9.17, 15) is 4.79 Å². The first-order valence-electron chi connectivity index (χ1n) is 8.58. The zero-order valence-corrected chi connectivity index (χ0v) is 14.9. The van der Waals surface area contributed by atoms with Crippen LogP contribution in [-0.4, -0.2) is 30.5 Å². The molecule has 25 heavy (non-hydrogen) atoms. The van der Waals surface area contributed by atoms with Crippen LogP contribution in [0.25, 0.3) is 11.0 Å². The van der Waals surface area contributed by atoms with Crippen molar-refractivity contribution in [1.29, 1.82) is 0 Å². The lowest BCUT2D eigenvalue weighted by Gasteiger charge is -2.13. The van der Waals surface area contributed by atoms with Crippen LogP contribution in [0, 0.1) is 6.92 Å². The number of amides is 1. The number of carbonyl (C=O) groups is 1. The summed E-state index contributed by atoms with van der Waals surface area (Å²) >= 11 is 0.